The SMILES string of the molecule is CCCNC(=O)N(Cc1cc(-c2ccc(OC)c(OC)c2)on1)Cc1ccco1. The normalized spacial score (nSPS) is 10.6. The summed E-state index contributed by atoms with van der Waals surface area (Å²) >= 11 is 0. The van der Waals surface area contributed by atoms with Crippen LogP contribution in [-0.4, -0.2) is 36.9 Å². The van der Waals surface area contributed by atoms with E-state index in [0.717, 1.165) is 12.0 Å². The molecule has 2 heterocycles. The first-order chi connectivity index (χ1) is 14.1. The fraction of sp³-hybridized carbons (Fsp3) is 0.333. The minimum Gasteiger partial charge on any atom is -0.493 e. The van der Waals surface area contributed by atoms with Crippen LogP contribution in [0.3, 0.4) is 0 Å². The van der Waals surface area contributed by atoms with Crippen molar-refractivity contribution in [1.29, 1.82) is 0 Å². The Hall–Kier alpha value is -3.42. The van der Waals surface area contributed by atoms with Gasteiger partial charge in [-0.05, 0) is 36.8 Å². The number of amides is 2. The van der Waals surface area contributed by atoms with E-state index in [1.807, 2.05) is 31.2 Å². The zero-order chi connectivity index (χ0) is 20.6. The lowest BCUT2D eigenvalue weighted by Crippen LogP contribution is -2.39. The van der Waals surface area contributed by atoms with Gasteiger partial charge in [-0.3, -0.25) is 0 Å². The molecular weight excluding hydrogens is 374 g/mol. The maximum Gasteiger partial charge on any atom is 0.318 e. The Morgan fingerprint density at radius 2 is 1.97 bits per heavy atom. The van der Waals surface area contributed by atoms with Crippen LogP contribution in [0, 0.1) is 0 Å². The summed E-state index contributed by atoms with van der Waals surface area (Å²) in [6, 6.07) is 10.7. The molecule has 29 heavy (non-hydrogen) atoms. The number of urea groups is 1. The van der Waals surface area contributed by atoms with Gasteiger partial charge in [-0.15, -0.1) is 0 Å². The van der Waals surface area contributed by atoms with Gasteiger partial charge in [0.1, 0.15) is 11.5 Å². The van der Waals surface area contributed by atoms with Crippen molar-refractivity contribution in [2.24, 2.45) is 0 Å². The average Bonchev–Trinajstić information content (AvgIpc) is 3.43. The second-order valence-electron chi connectivity index (χ2n) is 6.42. The Balaban J connectivity index is 1.77. The first-order valence-electron chi connectivity index (χ1n) is 9.37. The van der Waals surface area contributed by atoms with Crippen molar-refractivity contribution in [3.05, 3.63) is 54.1 Å². The number of nitrogens with one attached hydrogen (secondary N) is 1. The molecule has 0 fully saturated rings. The molecule has 0 aliphatic rings. The van der Waals surface area contributed by atoms with Gasteiger partial charge >= 0.3 is 6.03 Å². The number of carbonyl (C=O) groups is 1. The van der Waals surface area contributed by atoms with E-state index in [1.165, 1.54) is 0 Å². The molecule has 1 aromatic carbocycles. The summed E-state index contributed by atoms with van der Waals surface area (Å²) in [6.07, 6.45) is 2.44. The summed E-state index contributed by atoms with van der Waals surface area (Å²) in [4.78, 5) is 14.2. The van der Waals surface area contributed by atoms with Gasteiger partial charge in [0, 0.05) is 18.2 Å². The highest BCUT2D eigenvalue weighted by molar-refractivity contribution is 5.74. The van der Waals surface area contributed by atoms with Crippen molar-refractivity contribution in [1.82, 2.24) is 15.4 Å². The second-order valence-corrected chi connectivity index (χ2v) is 6.42. The Labute approximate surface area is 169 Å². The predicted molar refractivity (Wildman–Crippen MR) is 107 cm³/mol. The van der Waals surface area contributed by atoms with Crippen molar-refractivity contribution in [3.63, 3.8) is 0 Å². The van der Waals surface area contributed by atoms with Gasteiger partial charge in [0.2, 0.25) is 0 Å². The number of ether oxygens (including phenoxy) is 2. The van der Waals surface area contributed by atoms with E-state index in [1.54, 1.807) is 37.5 Å². The molecule has 0 atom stereocenters. The van der Waals surface area contributed by atoms with Crippen LogP contribution >= 0.6 is 0 Å². The molecule has 0 aliphatic heterocycles. The van der Waals surface area contributed by atoms with Crippen LogP contribution < -0.4 is 14.8 Å². The van der Waals surface area contributed by atoms with Crippen molar-refractivity contribution in [2.75, 3.05) is 20.8 Å². The van der Waals surface area contributed by atoms with Gasteiger partial charge in [-0.25, -0.2) is 4.79 Å². The lowest BCUT2D eigenvalue weighted by molar-refractivity contribution is 0.185. The number of hydrogen-bond acceptors (Lipinski definition) is 6. The summed E-state index contributed by atoms with van der Waals surface area (Å²) in [5.74, 6) is 2.50. The molecule has 8 heteroatoms. The highest BCUT2D eigenvalue weighted by atomic mass is 16.5. The zero-order valence-electron chi connectivity index (χ0n) is 16.8. The maximum absolute atomic E-state index is 12.5. The minimum atomic E-state index is -0.182. The standard InChI is InChI=1S/C21H25N3O5/c1-4-9-22-21(25)24(14-17-6-5-10-28-17)13-16-12-19(29-23-16)15-7-8-18(26-2)20(11-15)27-3/h5-8,10-12H,4,9,13-14H2,1-3H3,(H,22,25). The molecule has 8 nitrogen and oxygen atoms in total. The third kappa shape index (κ3) is 5.10. The third-order valence-electron chi connectivity index (χ3n) is 4.32. The number of carbonyl (C=O) groups excluding carboxylic acids is 1. The molecule has 0 radical (unpaired) electrons. The quantitative estimate of drug-likeness (QED) is 0.583. The second kappa shape index (κ2) is 9.68. The maximum atomic E-state index is 12.5. The molecule has 2 aromatic heterocycles. The molecule has 3 aromatic rings. The van der Waals surface area contributed by atoms with Crippen LogP contribution in [0.25, 0.3) is 11.3 Å². The highest BCUT2D eigenvalue weighted by Gasteiger charge is 2.18. The number of aromatic nitrogens is 1. The van der Waals surface area contributed by atoms with Crippen LogP contribution in [0.15, 0.2) is 51.6 Å². The number of benzene rings is 1. The summed E-state index contributed by atoms with van der Waals surface area (Å²) in [6.45, 7) is 3.22. The fourth-order valence-corrected chi connectivity index (χ4v) is 2.84. The van der Waals surface area contributed by atoms with E-state index in [0.29, 0.717) is 41.8 Å². The van der Waals surface area contributed by atoms with E-state index >= 15 is 0 Å². The van der Waals surface area contributed by atoms with E-state index in [9.17, 15) is 4.79 Å². The first kappa shape index (κ1) is 20.3. The average molecular weight is 399 g/mol. The Kier molecular flexibility index (Phi) is 6.78. The van der Waals surface area contributed by atoms with Crippen molar-refractivity contribution in [2.45, 2.75) is 26.4 Å². The molecule has 0 saturated heterocycles. The molecule has 0 aliphatic carbocycles. The molecule has 154 valence electrons. The van der Waals surface area contributed by atoms with Gasteiger partial charge in [-0.2, -0.15) is 0 Å². The van der Waals surface area contributed by atoms with Gasteiger partial charge in [-0.1, -0.05) is 12.1 Å². The largest absolute Gasteiger partial charge is 0.493 e. The number of rotatable bonds is 9. The molecule has 0 saturated carbocycles. The van der Waals surface area contributed by atoms with E-state index in [-0.39, 0.29) is 12.6 Å². The molecule has 0 bridgehead atoms. The molecule has 2 amide bonds. The van der Waals surface area contributed by atoms with E-state index in [4.69, 9.17) is 18.4 Å². The minimum absolute atomic E-state index is 0.182. The van der Waals surface area contributed by atoms with E-state index < -0.39 is 0 Å². The third-order valence-corrected chi connectivity index (χ3v) is 4.32. The lowest BCUT2D eigenvalue weighted by Gasteiger charge is -2.20. The Morgan fingerprint density at radius 1 is 1.14 bits per heavy atom. The van der Waals surface area contributed by atoms with Crippen molar-refractivity contribution < 1.29 is 23.2 Å². The monoisotopic (exact) mass is 399 g/mol. The molecule has 3 rings (SSSR count). The van der Waals surface area contributed by atoms with Gasteiger partial charge in [0.25, 0.3) is 0 Å². The van der Waals surface area contributed by atoms with Crippen LogP contribution in [0.2, 0.25) is 0 Å². The van der Waals surface area contributed by atoms with Crippen molar-refractivity contribution in [3.8, 4) is 22.8 Å². The molecule has 1 N–H and O–H groups in total. The van der Waals surface area contributed by atoms with Gasteiger partial charge < -0.3 is 28.6 Å². The van der Waals surface area contributed by atoms with Crippen LogP contribution in [0.1, 0.15) is 24.8 Å². The number of nitrogens with zero attached hydrogens (tertiary/aromatic N) is 2. The smallest absolute Gasteiger partial charge is 0.318 e. The fourth-order valence-electron chi connectivity index (χ4n) is 2.84. The summed E-state index contributed by atoms with van der Waals surface area (Å²) in [7, 11) is 3.16. The highest BCUT2D eigenvalue weighted by Crippen LogP contribution is 2.32. The lowest BCUT2D eigenvalue weighted by atomic mass is 10.1. The Bertz CT molecular complexity index is 920. The zero-order valence-corrected chi connectivity index (χ0v) is 16.8. The van der Waals surface area contributed by atoms with Gasteiger partial charge in [0.15, 0.2) is 17.3 Å². The number of furan rings is 1. The number of methoxy groups -OCH3 is 2. The first-order valence-corrected chi connectivity index (χ1v) is 9.37. The van der Waals surface area contributed by atoms with Gasteiger partial charge in [0.05, 0.1) is 33.6 Å². The Morgan fingerprint density at radius 3 is 2.66 bits per heavy atom. The summed E-state index contributed by atoms with van der Waals surface area (Å²) in [5.41, 5.74) is 1.43. The van der Waals surface area contributed by atoms with E-state index in [2.05, 4.69) is 10.5 Å². The number of hydrogen-bond donors (Lipinski definition) is 1. The van der Waals surface area contributed by atoms with Crippen LogP contribution in [0.4, 0.5) is 4.79 Å². The van der Waals surface area contributed by atoms with Crippen LogP contribution in [0.5, 0.6) is 11.5 Å². The predicted octanol–water partition coefficient (Wildman–Crippen LogP) is 4.07. The molecule has 0 unspecified atom stereocenters. The molecular formula is C21H25N3O5. The summed E-state index contributed by atoms with van der Waals surface area (Å²) in [5, 5.41) is 7.01. The summed E-state index contributed by atoms with van der Waals surface area (Å²) < 4.78 is 21.5. The topological polar surface area (TPSA) is 90.0 Å². The molecule has 0 spiro atoms. The van der Waals surface area contributed by atoms with Crippen molar-refractivity contribution >= 4 is 6.03 Å². The van der Waals surface area contributed by atoms with Crippen LogP contribution in [-0.2, 0) is 13.1 Å².